The van der Waals surface area contributed by atoms with E-state index in [0.717, 1.165) is 18.8 Å². The second-order valence-electron chi connectivity index (χ2n) is 4.92. The van der Waals surface area contributed by atoms with Gasteiger partial charge in [0.2, 0.25) is 0 Å². The van der Waals surface area contributed by atoms with E-state index in [-0.39, 0.29) is 12.2 Å². The zero-order chi connectivity index (χ0) is 12.6. The van der Waals surface area contributed by atoms with E-state index in [9.17, 15) is 0 Å². The van der Waals surface area contributed by atoms with Crippen molar-refractivity contribution in [3.63, 3.8) is 0 Å². The van der Waals surface area contributed by atoms with Crippen LogP contribution in [0.2, 0.25) is 0 Å². The molecule has 4 heteroatoms. The van der Waals surface area contributed by atoms with Gasteiger partial charge in [-0.2, -0.15) is 0 Å². The van der Waals surface area contributed by atoms with Crippen LogP contribution in [-0.2, 0) is 9.47 Å². The molecule has 0 aromatic heterocycles. The monoisotopic (exact) mass is 245 g/mol. The molecule has 0 saturated heterocycles. The summed E-state index contributed by atoms with van der Waals surface area (Å²) in [6.45, 7) is 4.43. The van der Waals surface area contributed by atoms with Gasteiger partial charge in [0, 0.05) is 6.54 Å². The maximum atomic E-state index is 8.58. The van der Waals surface area contributed by atoms with E-state index < -0.39 is 0 Å². The van der Waals surface area contributed by atoms with Crippen LogP contribution < -0.4 is 5.73 Å². The largest absolute Gasteiger partial charge is 0.394 e. The second-order valence-corrected chi connectivity index (χ2v) is 4.92. The summed E-state index contributed by atoms with van der Waals surface area (Å²) in [4.78, 5) is 0. The smallest absolute Gasteiger partial charge is 0.0805 e. The molecule has 1 aliphatic carbocycles. The molecule has 102 valence electrons. The minimum absolute atomic E-state index is 0.0697. The summed E-state index contributed by atoms with van der Waals surface area (Å²) in [6.07, 6.45) is 5.86. The summed E-state index contributed by atoms with van der Waals surface area (Å²) in [5.74, 6) is 0.851. The fourth-order valence-corrected chi connectivity index (χ4v) is 2.50. The number of rotatable bonds is 8. The SMILES string of the molecule is CCC1CCC(CN)(OCCOCCO)CC1. The molecule has 0 unspecified atom stereocenters. The molecule has 1 fully saturated rings. The zero-order valence-electron chi connectivity index (χ0n) is 11.0. The zero-order valence-corrected chi connectivity index (χ0v) is 11.0. The molecule has 4 nitrogen and oxygen atoms in total. The Morgan fingerprint density at radius 1 is 1.24 bits per heavy atom. The Kier molecular flexibility index (Phi) is 7.04. The summed E-state index contributed by atoms with van der Waals surface area (Å²) in [6, 6.07) is 0. The third kappa shape index (κ3) is 4.92. The lowest BCUT2D eigenvalue weighted by Crippen LogP contribution is -2.44. The molecule has 0 spiro atoms. The summed E-state index contributed by atoms with van der Waals surface area (Å²) in [7, 11) is 0. The Morgan fingerprint density at radius 2 is 1.94 bits per heavy atom. The average Bonchev–Trinajstić information content (AvgIpc) is 2.39. The van der Waals surface area contributed by atoms with Crippen LogP contribution in [0.1, 0.15) is 39.0 Å². The van der Waals surface area contributed by atoms with Gasteiger partial charge in [-0.05, 0) is 31.6 Å². The summed E-state index contributed by atoms with van der Waals surface area (Å²) in [5, 5.41) is 8.58. The van der Waals surface area contributed by atoms with Crippen LogP contribution in [0.25, 0.3) is 0 Å². The summed E-state index contributed by atoms with van der Waals surface area (Å²) < 4.78 is 11.1. The van der Waals surface area contributed by atoms with Crippen molar-refractivity contribution < 1.29 is 14.6 Å². The summed E-state index contributed by atoms with van der Waals surface area (Å²) >= 11 is 0. The van der Waals surface area contributed by atoms with Crippen LogP contribution >= 0.6 is 0 Å². The molecular formula is C13H27NO3. The quantitative estimate of drug-likeness (QED) is 0.633. The van der Waals surface area contributed by atoms with Crippen LogP contribution in [0.5, 0.6) is 0 Å². The third-order valence-corrected chi connectivity index (χ3v) is 3.84. The van der Waals surface area contributed by atoms with E-state index in [4.69, 9.17) is 20.3 Å². The number of nitrogens with two attached hydrogens (primary N) is 1. The predicted octanol–water partition coefficient (Wildman–Crippen LogP) is 1.31. The number of hydrogen-bond acceptors (Lipinski definition) is 4. The van der Waals surface area contributed by atoms with Crippen LogP contribution in [0.4, 0.5) is 0 Å². The second kappa shape index (κ2) is 8.03. The van der Waals surface area contributed by atoms with E-state index in [1.807, 2.05) is 0 Å². The molecular weight excluding hydrogens is 218 g/mol. The lowest BCUT2D eigenvalue weighted by atomic mass is 9.77. The average molecular weight is 245 g/mol. The predicted molar refractivity (Wildman–Crippen MR) is 67.9 cm³/mol. The van der Waals surface area contributed by atoms with Crippen molar-refractivity contribution in [3.8, 4) is 0 Å². The first kappa shape index (κ1) is 14.9. The molecule has 1 aliphatic rings. The number of aliphatic hydroxyl groups is 1. The highest BCUT2D eigenvalue weighted by Gasteiger charge is 2.34. The first-order valence-electron chi connectivity index (χ1n) is 6.79. The van der Waals surface area contributed by atoms with Crippen molar-refractivity contribution in [2.24, 2.45) is 11.7 Å². The maximum absolute atomic E-state index is 8.58. The van der Waals surface area contributed by atoms with Gasteiger partial charge in [0.05, 0.1) is 32.0 Å². The Morgan fingerprint density at radius 3 is 2.47 bits per heavy atom. The molecule has 0 heterocycles. The summed E-state index contributed by atoms with van der Waals surface area (Å²) in [5.41, 5.74) is 5.74. The number of aliphatic hydroxyl groups excluding tert-OH is 1. The first-order valence-corrected chi connectivity index (χ1v) is 6.79. The number of ether oxygens (including phenoxy) is 2. The molecule has 3 N–H and O–H groups in total. The van der Waals surface area contributed by atoms with Crippen molar-refractivity contribution in [2.75, 3.05) is 33.0 Å². The Hall–Kier alpha value is -0.160. The van der Waals surface area contributed by atoms with Gasteiger partial charge in [-0.1, -0.05) is 13.3 Å². The van der Waals surface area contributed by atoms with E-state index >= 15 is 0 Å². The Labute approximate surface area is 104 Å². The Bertz CT molecular complexity index is 191. The van der Waals surface area contributed by atoms with Crippen LogP contribution in [-0.4, -0.2) is 43.7 Å². The molecule has 0 radical (unpaired) electrons. The highest BCUT2D eigenvalue weighted by molar-refractivity contribution is 4.88. The van der Waals surface area contributed by atoms with Crippen LogP contribution in [0.3, 0.4) is 0 Å². The van der Waals surface area contributed by atoms with Crippen LogP contribution in [0.15, 0.2) is 0 Å². The normalized spacial score (nSPS) is 29.5. The van der Waals surface area contributed by atoms with Gasteiger partial charge in [-0.25, -0.2) is 0 Å². The molecule has 0 aromatic rings. The molecule has 0 aromatic carbocycles. The minimum Gasteiger partial charge on any atom is -0.394 e. The van der Waals surface area contributed by atoms with Gasteiger partial charge in [0.25, 0.3) is 0 Å². The first-order chi connectivity index (χ1) is 8.26. The van der Waals surface area contributed by atoms with Crippen LogP contribution in [0, 0.1) is 5.92 Å². The van der Waals surface area contributed by atoms with Gasteiger partial charge in [0.1, 0.15) is 0 Å². The fraction of sp³-hybridized carbons (Fsp3) is 1.00. The molecule has 1 saturated carbocycles. The molecule has 0 bridgehead atoms. The molecule has 0 atom stereocenters. The lowest BCUT2D eigenvalue weighted by molar-refractivity contribution is -0.0898. The van der Waals surface area contributed by atoms with Gasteiger partial charge in [-0.3, -0.25) is 0 Å². The number of hydrogen-bond donors (Lipinski definition) is 2. The van der Waals surface area contributed by atoms with E-state index in [1.54, 1.807) is 0 Å². The molecule has 0 aliphatic heterocycles. The van der Waals surface area contributed by atoms with Crippen molar-refractivity contribution in [1.82, 2.24) is 0 Å². The van der Waals surface area contributed by atoms with Gasteiger partial charge in [0.15, 0.2) is 0 Å². The van der Waals surface area contributed by atoms with Crippen molar-refractivity contribution in [2.45, 2.75) is 44.6 Å². The lowest BCUT2D eigenvalue weighted by Gasteiger charge is -2.39. The maximum Gasteiger partial charge on any atom is 0.0805 e. The molecule has 1 rings (SSSR count). The van der Waals surface area contributed by atoms with E-state index in [2.05, 4.69) is 6.92 Å². The van der Waals surface area contributed by atoms with Gasteiger partial charge < -0.3 is 20.3 Å². The Balaban J connectivity index is 2.22. The standard InChI is InChI=1S/C13H27NO3/c1-2-12-3-5-13(11-14,6-4-12)17-10-9-16-8-7-15/h12,15H,2-11,14H2,1H3. The third-order valence-electron chi connectivity index (χ3n) is 3.84. The van der Waals surface area contributed by atoms with Crippen molar-refractivity contribution >= 4 is 0 Å². The van der Waals surface area contributed by atoms with E-state index in [0.29, 0.717) is 26.4 Å². The highest BCUT2D eigenvalue weighted by Crippen LogP contribution is 2.35. The molecule has 0 amide bonds. The highest BCUT2D eigenvalue weighted by atomic mass is 16.5. The van der Waals surface area contributed by atoms with Crippen molar-refractivity contribution in [3.05, 3.63) is 0 Å². The fourth-order valence-electron chi connectivity index (χ4n) is 2.50. The molecule has 17 heavy (non-hydrogen) atoms. The minimum atomic E-state index is -0.117. The van der Waals surface area contributed by atoms with Gasteiger partial charge in [-0.15, -0.1) is 0 Å². The van der Waals surface area contributed by atoms with E-state index in [1.165, 1.54) is 19.3 Å². The topological polar surface area (TPSA) is 64.7 Å². The van der Waals surface area contributed by atoms with Gasteiger partial charge >= 0.3 is 0 Å². The van der Waals surface area contributed by atoms with Crippen molar-refractivity contribution in [1.29, 1.82) is 0 Å².